The highest BCUT2D eigenvalue weighted by Gasteiger charge is 2.34. The zero-order valence-corrected chi connectivity index (χ0v) is 12.8. The fraction of sp³-hybridized carbons (Fsp3) is 1.00. The van der Waals surface area contributed by atoms with Gasteiger partial charge in [-0.25, -0.2) is 8.42 Å². The van der Waals surface area contributed by atoms with Crippen molar-refractivity contribution < 1.29 is 8.42 Å². The molecular formula is C13H28N2O2S. The molecule has 0 bridgehead atoms. The molecule has 1 unspecified atom stereocenters. The summed E-state index contributed by atoms with van der Waals surface area (Å²) in [4.78, 5) is 2.44. The fourth-order valence-electron chi connectivity index (χ4n) is 2.55. The van der Waals surface area contributed by atoms with E-state index in [0.717, 1.165) is 19.5 Å². The number of hydrogen-bond donors (Lipinski definition) is 1. The van der Waals surface area contributed by atoms with Crippen LogP contribution in [-0.4, -0.2) is 49.5 Å². The van der Waals surface area contributed by atoms with Gasteiger partial charge in [-0.05, 0) is 52.6 Å². The minimum atomic E-state index is -2.85. The van der Waals surface area contributed by atoms with E-state index >= 15 is 0 Å². The van der Waals surface area contributed by atoms with Crippen molar-refractivity contribution in [3.8, 4) is 0 Å². The largest absolute Gasteiger partial charge is 0.326 e. The molecular weight excluding hydrogens is 248 g/mol. The summed E-state index contributed by atoms with van der Waals surface area (Å²) >= 11 is 0. The Balaban J connectivity index is 2.42. The lowest BCUT2D eigenvalue weighted by Crippen LogP contribution is -2.55. The highest BCUT2D eigenvalue weighted by molar-refractivity contribution is 7.91. The summed E-state index contributed by atoms with van der Waals surface area (Å²) < 4.78 is 22.9. The van der Waals surface area contributed by atoms with Crippen LogP contribution in [0.2, 0.25) is 0 Å². The summed E-state index contributed by atoms with van der Waals surface area (Å²) in [6.07, 6.45) is 3.96. The van der Waals surface area contributed by atoms with E-state index in [9.17, 15) is 8.42 Å². The second-order valence-corrected chi connectivity index (χ2v) is 8.31. The van der Waals surface area contributed by atoms with Gasteiger partial charge in [0.15, 0.2) is 0 Å². The van der Waals surface area contributed by atoms with Crippen LogP contribution in [0.5, 0.6) is 0 Å². The van der Waals surface area contributed by atoms with Crippen molar-refractivity contribution in [2.24, 2.45) is 5.73 Å². The summed E-state index contributed by atoms with van der Waals surface area (Å²) in [5.74, 6) is 0.505. The Kier molecular flexibility index (Phi) is 5.62. The Hall–Kier alpha value is -0.130. The quantitative estimate of drug-likeness (QED) is 0.763. The predicted molar refractivity (Wildman–Crippen MR) is 76.4 cm³/mol. The van der Waals surface area contributed by atoms with Gasteiger partial charge in [-0.1, -0.05) is 6.92 Å². The molecule has 0 aromatic heterocycles. The van der Waals surface area contributed by atoms with E-state index in [2.05, 4.69) is 18.7 Å². The SMILES string of the molecule is CCS(=O)(=O)CCCC(N)C(C)(C)N1CCCC1. The standard InChI is InChI=1S/C13H28N2O2S/c1-4-18(16,17)11-7-8-12(14)13(2,3)15-9-5-6-10-15/h12H,4-11,14H2,1-3H3. The minimum absolute atomic E-state index is 0.0214. The maximum Gasteiger partial charge on any atom is 0.150 e. The molecule has 1 aliphatic heterocycles. The van der Waals surface area contributed by atoms with Crippen LogP contribution in [0.3, 0.4) is 0 Å². The highest BCUT2D eigenvalue weighted by atomic mass is 32.2. The molecule has 0 aromatic carbocycles. The lowest BCUT2D eigenvalue weighted by atomic mass is 9.90. The van der Waals surface area contributed by atoms with Crippen molar-refractivity contribution in [1.82, 2.24) is 4.90 Å². The zero-order chi connectivity index (χ0) is 13.8. The van der Waals surface area contributed by atoms with Gasteiger partial charge in [0.1, 0.15) is 9.84 Å². The molecule has 1 fully saturated rings. The maximum absolute atomic E-state index is 11.4. The van der Waals surface area contributed by atoms with Crippen molar-refractivity contribution >= 4 is 9.84 Å². The van der Waals surface area contributed by atoms with Crippen LogP contribution in [-0.2, 0) is 9.84 Å². The molecule has 0 aliphatic carbocycles. The fourth-order valence-corrected chi connectivity index (χ4v) is 3.44. The molecule has 0 amide bonds. The Morgan fingerprint density at radius 1 is 1.28 bits per heavy atom. The number of hydrogen-bond acceptors (Lipinski definition) is 4. The second kappa shape index (κ2) is 6.35. The maximum atomic E-state index is 11.4. The first kappa shape index (κ1) is 15.9. The average Bonchev–Trinajstić information content (AvgIpc) is 2.82. The van der Waals surface area contributed by atoms with E-state index in [1.165, 1.54) is 12.8 Å². The first-order valence-electron chi connectivity index (χ1n) is 7.00. The van der Waals surface area contributed by atoms with E-state index in [1.807, 2.05) is 0 Å². The van der Waals surface area contributed by atoms with Crippen LogP contribution >= 0.6 is 0 Å². The van der Waals surface area contributed by atoms with Crippen molar-refractivity contribution in [2.75, 3.05) is 24.6 Å². The van der Waals surface area contributed by atoms with Gasteiger partial charge in [-0.15, -0.1) is 0 Å². The van der Waals surface area contributed by atoms with Gasteiger partial charge in [0.05, 0.1) is 5.75 Å². The molecule has 1 atom stereocenters. The smallest absolute Gasteiger partial charge is 0.150 e. The van der Waals surface area contributed by atoms with Crippen LogP contribution in [0.25, 0.3) is 0 Å². The van der Waals surface area contributed by atoms with E-state index in [-0.39, 0.29) is 23.1 Å². The van der Waals surface area contributed by atoms with Gasteiger partial charge in [-0.2, -0.15) is 0 Å². The first-order chi connectivity index (χ1) is 8.29. The molecule has 1 heterocycles. The van der Waals surface area contributed by atoms with Gasteiger partial charge in [0.2, 0.25) is 0 Å². The first-order valence-corrected chi connectivity index (χ1v) is 8.83. The summed E-state index contributed by atoms with van der Waals surface area (Å²) in [5.41, 5.74) is 6.24. The molecule has 1 aliphatic rings. The van der Waals surface area contributed by atoms with Gasteiger partial charge in [0.25, 0.3) is 0 Å². The number of nitrogens with zero attached hydrogens (tertiary/aromatic N) is 1. The monoisotopic (exact) mass is 276 g/mol. The summed E-state index contributed by atoms with van der Waals surface area (Å²) in [7, 11) is -2.85. The van der Waals surface area contributed by atoms with E-state index in [0.29, 0.717) is 6.42 Å². The molecule has 0 radical (unpaired) electrons. The van der Waals surface area contributed by atoms with Gasteiger partial charge in [0, 0.05) is 17.3 Å². The van der Waals surface area contributed by atoms with Crippen LogP contribution in [0, 0.1) is 0 Å². The van der Waals surface area contributed by atoms with E-state index in [4.69, 9.17) is 5.73 Å². The molecule has 1 saturated heterocycles. The van der Waals surface area contributed by atoms with Crippen LogP contribution in [0.1, 0.15) is 46.5 Å². The summed E-state index contributed by atoms with van der Waals surface area (Å²) in [6.45, 7) is 8.29. The third-order valence-electron chi connectivity index (χ3n) is 4.24. The Bertz CT molecular complexity index is 346. The summed E-state index contributed by atoms with van der Waals surface area (Å²) in [5, 5.41) is 0. The minimum Gasteiger partial charge on any atom is -0.326 e. The third kappa shape index (κ3) is 4.21. The normalized spacial score (nSPS) is 20.2. The number of nitrogens with two attached hydrogens (primary N) is 1. The number of likely N-dealkylation sites (tertiary alicyclic amines) is 1. The Labute approximate surface area is 112 Å². The molecule has 1 rings (SSSR count). The van der Waals surface area contributed by atoms with Crippen molar-refractivity contribution in [1.29, 1.82) is 0 Å². The molecule has 2 N–H and O–H groups in total. The van der Waals surface area contributed by atoms with Crippen molar-refractivity contribution in [3.63, 3.8) is 0 Å². The lowest BCUT2D eigenvalue weighted by Gasteiger charge is -2.40. The zero-order valence-electron chi connectivity index (χ0n) is 12.0. The van der Waals surface area contributed by atoms with Crippen LogP contribution in [0.15, 0.2) is 0 Å². The van der Waals surface area contributed by atoms with E-state index in [1.54, 1.807) is 6.92 Å². The van der Waals surface area contributed by atoms with Crippen LogP contribution < -0.4 is 5.73 Å². The van der Waals surface area contributed by atoms with E-state index < -0.39 is 9.84 Å². The molecule has 4 nitrogen and oxygen atoms in total. The second-order valence-electron chi connectivity index (χ2n) is 5.83. The summed E-state index contributed by atoms with van der Waals surface area (Å²) in [6, 6.07) is 0.0441. The molecule has 0 spiro atoms. The van der Waals surface area contributed by atoms with Gasteiger partial charge < -0.3 is 5.73 Å². The molecule has 0 aromatic rings. The topological polar surface area (TPSA) is 63.4 Å². The molecule has 108 valence electrons. The number of sulfone groups is 1. The van der Waals surface area contributed by atoms with Crippen LogP contribution in [0.4, 0.5) is 0 Å². The Morgan fingerprint density at radius 3 is 2.33 bits per heavy atom. The predicted octanol–water partition coefficient (Wildman–Crippen LogP) is 1.40. The third-order valence-corrected chi connectivity index (χ3v) is 6.03. The molecule has 5 heteroatoms. The number of rotatable bonds is 7. The molecule has 18 heavy (non-hydrogen) atoms. The molecule has 0 saturated carbocycles. The van der Waals surface area contributed by atoms with Gasteiger partial charge in [-0.3, -0.25) is 4.90 Å². The highest BCUT2D eigenvalue weighted by Crippen LogP contribution is 2.25. The van der Waals surface area contributed by atoms with Crippen molar-refractivity contribution in [2.45, 2.75) is 58.0 Å². The average molecular weight is 276 g/mol. The van der Waals surface area contributed by atoms with Gasteiger partial charge >= 0.3 is 0 Å². The lowest BCUT2D eigenvalue weighted by molar-refractivity contribution is 0.119. The Morgan fingerprint density at radius 2 is 1.83 bits per heavy atom. The van der Waals surface area contributed by atoms with Crippen molar-refractivity contribution in [3.05, 3.63) is 0 Å².